The maximum absolute atomic E-state index is 12.3. The Labute approximate surface area is 192 Å². The lowest BCUT2D eigenvalue weighted by molar-refractivity contribution is -0.274. The molecule has 0 fully saturated rings. The largest absolute Gasteiger partial charge is 0.573 e. The van der Waals surface area contributed by atoms with Crippen LogP contribution in [0.5, 0.6) is 11.5 Å². The highest BCUT2D eigenvalue weighted by atomic mass is 32.1. The van der Waals surface area contributed by atoms with Crippen LogP contribution in [0.25, 0.3) is 10.6 Å². The Morgan fingerprint density at radius 2 is 1.91 bits per heavy atom. The summed E-state index contributed by atoms with van der Waals surface area (Å²) in [6.07, 6.45) is -2.28. The number of nitrogens with zero attached hydrogens (tertiary/aromatic N) is 1. The number of benzene rings is 2. The van der Waals surface area contributed by atoms with Crippen LogP contribution in [0.15, 0.2) is 42.5 Å². The highest BCUT2D eigenvalue weighted by molar-refractivity contribution is 7.15. The first-order valence-corrected chi connectivity index (χ1v) is 11.3. The second kappa shape index (κ2) is 9.43. The monoisotopic (exact) mass is 477 g/mol. The molecular formula is C24H22F3NO4S. The molecule has 1 atom stereocenters. The Morgan fingerprint density at radius 1 is 1.18 bits per heavy atom. The van der Waals surface area contributed by atoms with Gasteiger partial charge in [-0.2, -0.15) is 0 Å². The lowest BCUT2D eigenvalue weighted by Gasteiger charge is -2.10. The number of fused-ring (bicyclic) bond motifs is 1. The van der Waals surface area contributed by atoms with E-state index in [1.807, 2.05) is 25.1 Å². The Hall–Kier alpha value is -3.07. The Morgan fingerprint density at radius 3 is 2.61 bits per heavy atom. The number of alkyl halides is 3. The van der Waals surface area contributed by atoms with Gasteiger partial charge in [-0.15, -0.1) is 24.5 Å². The summed E-state index contributed by atoms with van der Waals surface area (Å²) in [5.41, 5.74) is 3.84. The van der Waals surface area contributed by atoms with Gasteiger partial charge in [-0.05, 0) is 73.2 Å². The van der Waals surface area contributed by atoms with Crippen molar-refractivity contribution >= 4 is 17.3 Å². The minimum absolute atomic E-state index is 0.0664. The zero-order valence-electron chi connectivity index (χ0n) is 17.8. The summed E-state index contributed by atoms with van der Waals surface area (Å²) >= 11 is 1.48. The number of carboxylic acid groups (broad SMARTS) is 1. The standard InChI is InChI=1S/C24H22F3NO4S/c1-14-21(28-23(33-14)15-4-6-18(7-5-15)32-24(25,26)27)10-11-31-19-8-9-20-16(12-19)2-3-17(20)13-22(29)30/h4-9,12,17H,2-3,10-11,13H2,1H3,(H,29,30). The number of carboxylic acids is 1. The van der Waals surface area contributed by atoms with E-state index in [-0.39, 0.29) is 18.1 Å². The van der Waals surface area contributed by atoms with Gasteiger partial charge in [-0.3, -0.25) is 4.79 Å². The molecule has 3 aromatic rings. The molecule has 9 heteroatoms. The number of hydrogen-bond donors (Lipinski definition) is 1. The van der Waals surface area contributed by atoms with Crippen molar-refractivity contribution < 1.29 is 32.5 Å². The lowest BCUT2D eigenvalue weighted by atomic mass is 9.98. The van der Waals surface area contributed by atoms with Crippen LogP contribution >= 0.6 is 11.3 Å². The molecule has 2 aromatic carbocycles. The molecule has 5 nitrogen and oxygen atoms in total. The number of aromatic nitrogens is 1. The quantitative estimate of drug-likeness (QED) is 0.422. The maximum atomic E-state index is 12.3. The van der Waals surface area contributed by atoms with Gasteiger partial charge in [0.25, 0.3) is 0 Å². The Balaban J connectivity index is 1.35. The number of carbonyl (C=O) groups is 1. The Bertz CT molecular complexity index is 1140. The van der Waals surface area contributed by atoms with Crippen LogP contribution in [0.4, 0.5) is 13.2 Å². The first-order chi connectivity index (χ1) is 15.7. The highest BCUT2D eigenvalue weighted by Crippen LogP contribution is 2.37. The van der Waals surface area contributed by atoms with Gasteiger partial charge in [0.05, 0.1) is 18.7 Å². The summed E-state index contributed by atoms with van der Waals surface area (Å²) < 4.78 is 46.8. The van der Waals surface area contributed by atoms with Crippen LogP contribution in [0, 0.1) is 6.92 Å². The molecule has 1 aliphatic rings. The number of rotatable bonds is 8. The van der Waals surface area contributed by atoms with Gasteiger partial charge >= 0.3 is 12.3 Å². The van der Waals surface area contributed by atoms with E-state index in [1.54, 1.807) is 12.1 Å². The third-order valence-electron chi connectivity index (χ3n) is 5.57. The molecule has 0 amide bonds. The fraction of sp³-hybridized carbons (Fsp3) is 0.333. The third-order valence-corrected chi connectivity index (χ3v) is 6.63. The van der Waals surface area contributed by atoms with Crippen molar-refractivity contribution in [3.63, 3.8) is 0 Å². The van der Waals surface area contributed by atoms with Crippen LogP contribution in [0.1, 0.15) is 40.5 Å². The van der Waals surface area contributed by atoms with Gasteiger partial charge in [-0.1, -0.05) is 6.07 Å². The predicted molar refractivity (Wildman–Crippen MR) is 118 cm³/mol. The number of hydrogen-bond acceptors (Lipinski definition) is 5. The van der Waals surface area contributed by atoms with Crippen molar-refractivity contribution in [3.05, 3.63) is 64.2 Å². The summed E-state index contributed by atoms with van der Waals surface area (Å²) in [6, 6.07) is 11.5. The second-order valence-corrected chi connectivity index (χ2v) is 9.09. The van der Waals surface area contributed by atoms with E-state index in [9.17, 15) is 18.0 Å². The molecule has 1 aliphatic carbocycles. The van der Waals surface area contributed by atoms with Gasteiger partial charge in [0.2, 0.25) is 0 Å². The van der Waals surface area contributed by atoms with Gasteiger partial charge < -0.3 is 14.6 Å². The lowest BCUT2D eigenvalue weighted by Crippen LogP contribution is -2.16. The summed E-state index contributed by atoms with van der Waals surface area (Å²) in [5.74, 6) is -0.233. The van der Waals surface area contributed by atoms with E-state index >= 15 is 0 Å². The van der Waals surface area contributed by atoms with Crippen LogP contribution in [-0.2, 0) is 17.6 Å². The van der Waals surface area contributed by atoms with Crippen molar-refractivity contribution in [2.24, 2.45) is 0 Å². The summed E-state index contributed by atoms with van der Waals surface area (Å²) in [5, 5.41) is 9.78. The van der Waals surface area contributed by atoms with E-state index in [0.717, 1.165) is 50.9 Å². The van der Waals surface area contributed by atoms with Crippen LogP contribution in [0.3, 0.4) is 0 Å². The molecule has 4 rings (SSSR count). The minimum atomic E-state index is -4.72. The zero-order chi connectivity index (χ0) is 23.6. The average molecular weight is 478 g/mol. The van der Waals surface area contributed by atoms with Crippen LogP contribution in [0.2, 0.25) is 0 Å². The topological polar surface area (TPSA) is 68.7 Å². The summed E-state index contributed by atoms with van der Waals surface area (Å²) in [6.45, 7) is 2.38. The van der Waals surface area contributed by atoms with E-state index in [2.05, 4.69) is 9.72 Å². The van der Waals surface area contributed by atoms with Crippen molar-refractivity contribution in [1.29, 1.82) is 0 Å². The van der Waals surface area contributed by atoms with Crippen molar-refractivity contribution in [2.45, 2.75) is 44.9 Å². The first-order valence-electron chi connectivity index (χ1n) is 10.5. The van der Waals surface area contributed by atoms with Gasteiger partial charge in [0.1, 0.15) is 16.5 Å². The molecule has 0 saturated carbocycles. The SMILES string of the molecule is Cc1sc(-c2ccc(OC(F)(F)F)cc2)nc1CCOc1ccc2c(c1)CCC2CC(=O)O. The number of aliphatic carboxylic acids is 1. The van der Waals surface area contributed by atoms with Gasteiger partial charge in [-0.25, -0.2) is 4.98 Å². The molecule has 0 saturated heterocycles. The third kappa shape index (κ3) is 5.84. The van der Waals surface area contributed by atoms with Gasteiger partial charge in [0, 0.05) is 16.9 Å². The molecule has 0 bridgehead atoms. The highest BCUT2D eigenvalue weighted by Gasteiger charge is 2.31. The van der Waals surface area contributed by atoms with E-state index in [4.69, 9.17) is 9.84 Å². The number of halogens is 3. The van der Waals surface area contributed by atoms with Crippen molar-refractivity contribution in [3.8, 4) is 22.1 Å². The van der Waals surface area contributed by atoms with Crippen molar-refractivity contribution in [2.75, 3.05) is 6.61 Å². The molecule has 1 unspecified atom stereocenters. The summed E-state index contributed by atoms with van der Waals surface area (Å²) in [4.78, 5) is 16.7. The molecule has 1 aromatic heterocycles. The fourth-order valence-electron chi connectivity index (χ4n) is 4.04. The minimum Gasteiger partial charge on any atom is -0.493 e. The van der Waals surface area contributed by atoms with Crippen LogP contribution < -0.4 is 9.47 Å². The van der Waals surface area contributed by atoms with Gasteiger partial charge in [0.15, 0.2) is 0 Å². The molecule has 1 heterocycles. The smallest absolute Gasteiger partial charge is 0.493 e. The molecule has 0 spiro atoms. The zero-order valence-corrected chi connectivity index (χ0v) is 18.6. The van der Waals surface area contributed by atoms with Crippen LogP contribution in [-0.4, -0.2) is 29.0 Å². The number of ether oxygens (including phenoxy) is 2. The molecule has 33 heavy (non-hydrogen) atoms. The van der Waals surface area contributed by atoms with Crippen molar-refractivity contribution in [1.82, 2.24) is 4.98 Å². The molecular weight excluding hydrogens is 455 g/mol. The van der Waals surface area contributed by atoms with E-state index < -0.39 is 12.3 Å². The van der Waals surface area contributed by atoms with E-state index in [0.29, 0.717) is 13.0 Å². The predicted octanol–water partition coefficient (Wildman–Crippen LogP) is 6.14. The normalized spacial score (nSPS) is 15.3. The molecule has 174 valence electrons. The fourth-order valence-corrected chi connectivity index (χ4v) is 5.01. The molecule has 1 N–H and O–H groups in total. The summed E-state index contributed by atoms with van der Waals surface area (Å²) in [7, 11) is 0. The number of thiazole rings is 1. The maximum Gasteiger partial charge on any atom is 0.573 e. The second-order valence-electron chi connectivity index (χ2n) is 7.89. The Kier molecular flexibility index (Phi) is 6.60. The number of aryl methyl sites for hydroxylation is 2. The van der Waals surface area contributed by atoms with E-state index in [1.165, 1.54) is 23.5 Å². The molecule has 0 radical (unpaired) electrons. The first kappa shape index (κ1) is 23.1. The average Bonchev–Trinajstić information content (AvgIpc) is 3.30. The molecule has 0 aliphatic heterocycles.